The number of hydrogen-bond acceptors (Lipinski definition) is 4. The summed E-state index contributed by atoms with van der Waals surface area (Å²) in [6, 6.07) is 15.3. The van der Waals surface area contributed by atoms with Gasteiger partial charge in [0.25, 0.3) is 0 Å². The third-order valence-corrected chi connectivity index (χ3v) is 5.32. The van der Waals surface area contributed by atoms with Gasteiger partial charge in [0.2, 0.25) is 0 Å². The molecule has 2 aromatic carbocycles. The number of benzene rings is 2. The van der Waals surface area contributed by atoms with Crippen LogP contribution in [0.3, 0.4) is 0 Å². The van der Waals surface area contributed by atoms with Gasteiger partial charge in [-0.25, -0.2) is 0 Å². The molecule has 0 bridgehead atoms. The molecule has 1 atom stereocenters. The van der Waals surface area contributed by atoms with E-state index in [2.05, 4.69) is 26.1 Å². The summed E-state index contributed by atoms with van der Waals surface area (Å²) in [4.78, 5) is 0. The molecular weight excluding hydrogens is 370 g/mol. The van der Waals surface area contributed by atoms with Crippen molar-refractivity contribution in [1.29, 1.82) is 0 Å². The number of halogens is 2. The van der Waals surface area contributed by atoms with Gasteiger partial charge in [0.05, 0.1) is 11.1 Å². The monoisotopic (exact) mass is 379 g/mol. The minimum Gasteiger partial charge on any atom is -0.318 e. The van der Waals surface area contributed by atoms with Crippen molar-refractivity contribution >= 4 is 38.9 Å². The second-order valence-electron chi connectivity index (χ2n) is 4.46. The number of rotatable bonds is 3. The maximum atomic E-state index is 6.24. The highest BCUT2D eigenvalue weighted by Crippen LogP contribution is 2.32. The summed E-state index contributed by atoms with van der Waals surface area (Å²) < 4.78 is 0.860. The van der Waals surface area contributed by atoms with Crippen LogP contribution in [-0.4, -0.2) is 10.2 Å². The van der Waals surface area contributed by atoms with Crippen LogP contribution in [-0.2, 0) is 0 Å². The van der Waals surface area contributed by atoms with Crippen molar-refractivity contribution in [2.45, 2.75) is 6.04 Å². The Hall–Kier alpha value is -1.27. The fourth-order valence-corrected chi connectivity index (χ4v) is 3.21. The van der Waals surface area contributed by atoms with Gasteiger partial charge < -0.3 is 5.73 Å². The molecule has 106 valence electrons. The third kappa shape index (κ3) is 3.16. The first-order chi connectivity index (χ1) is 10.1. The minimum absolute atomic E-state index is 0.261. The van der Waals surface area contributed by atoms with Gasteiger partial charge in [-0.1, -0.05) is 59.3 Å². The average Bonchev–Trinajstić information content (AvgIpc) is 3.00. The summed E-state index contributed by atoms with van der Waals surface area (Å²) in [7, 11) is 0. The van der Waals surface area contributed by atoms with Crippen molar-refractivity contribution < 1.29 is 0 Å². The molecule has 0 radical (unpaired) electrons. The Morgan fingerprint density at radius 3 is 2.57 bits per heavy atom. The van der Waals surface area contributed by atoms with Crippen LogP contribution in [0.4, 0.5) is 0 Å². The highest BCUT2D eigenvalue weighted by atomic mass is 79.9. The van der Waals surface area contributed by atoms with E-state index in [-0.39, 0.29) is 6.04 Å². The SMILES string of the molecule is NC(c1ccccc1)c1nnc(-c2ccc(Br)c(Cl)c2)s1. The Balaban J connectivity index is 1.91. The summed E-state index contributed by atoms with van der Waals surface area (Å²) in [6.45, 7) is 0. The van der Waals surface area contributed by atoms with E-state index in [1.54, 1.807) is 0 Å². The third-order valence-electron chi connectivity index (χ3n) is 3.03. The van der Waals surface area contributed by atoms with E-state index < -0.39 is 0 Å². The Bertz CT molecular complexity index is 761. The lowest BCUT2D eigenvalue weighted by molar-refractivity contribution is 0.831. The molecule has 0 spiro atoms. The van der Waals surface area contributed by atoms with Crippen LogP contribution in [0.5, 0.6) is 0 Å². The molecule has 0 fully saturated rings. The summed E-state index contributed by atoms with van der Waals surface area (Å²) in [6.07, 6.45) is 0. The first kappa shape index (κ1) is 14.7. The second-order valence-corrected chi connectivity index (χ2v) is 6.73. The van der Waals surface area contributed by atoms with Gasteiger partial charge in [-0.3, -0.25) is 0 Å². The van der Waals surface area contributed by atoms with E-state index in [4.69, 9.17) is 17.3 Å². The van der Waals surface area contributed by atoms with E-state index in [9.17, 15) is 0 Å². The fraction of sp³-hybridized carbons (Fsp3) is 0.0667. The van der Waals surface area contributed by atoms with Crippen LogP contribution in [0.1, 0.15) is 16.6 Å². The van der Waals surface area contributed by atoms with Crippen molar-refractivity contribution in [3.63, 3.8) is 0 Å². The van der Waals surface area contributed by atoms with Gasteiger partial charge in [-0.15, -0.1) is 10.2 Å². The lowest BCUT2D eigenvalue weighted by Crippen LogP contribution is -2.11. The van der Waals surface area contributed by atoms with Crippen LogP contribution < -0.4 is 5.73 Å². The van der Waals surface area contributed by atoms with Crippen molar-refractivity contribution in [3.8, 4) is 10.6 Å². The zero-order valence-electron chi connectivity index (χ0n) is 10.8. The molecule has 0 aliphatic rings. The minimum atomic E-state index is -0.261. The van der Waals surface area contributed by atoms with Gasteiger partial charge in [-0.2, -0.15) is 0 Å². The fourth-order valence-electron chi connectivity index (χ4n) is 1.91. The molecule has 1 aromatic heterocycles. The van der Waals surface area contributed by atoms with Gasteiger partial charge in [0.1, 0.15) is 10.0 Å². The molecule has 2 N–H and O–H groups in total. The number of hydrogen-bond donors (Lipinski definition) is 1. The number of aromatic nitrogens is 2. The van der Waals surface area contributed by atoms with Gasteiger partial charge in [0, 0.05) is 10.0 Å². The maximum absolute atomic E-state index is 6.24. The van der Waals surface area contributed by atoms with Crippen molar-refractivity contribution in [3.05, 3.63) is 68.6 Å². The largest absolute Gasteiger partial charge is 0.318 e. The second kappa shape index (κ2) is 6.23. The normalized spacial score (nSPS) is 12.3. The highest BCUT2D eigenvalue weighted by molar-refractivity contribution is 9.10. The van der Waals surface area contributed by atoms with E-state index >= 15 is 0 Å². The molecule has 6 heteroatoms. The Labute approximate surface area is 139 Å². The molecule has 3 rings (SSSR count). The quantitative estimate of drug-likeness (QED) is 0.718. The van der Waals surface area contributed by atoms with Gasteiger partial charge >= 0.3 is 0 Å². The summed E-state index contributed by atoms with van der Waals surface area (Å²) in [5.41, 5.74) is 8.20. The predicted molar refractivity (Wildman–Crippen MR) is 90.5 cm³/mol. The van der Waals surface area contributed by atoms with Crippen molar-refractivity contribution in [1.82, 2.24) is 10.2 Å². The maximum Gasteiger partial charge on any atom is 0.147 e. The van der Waals surface area contributed by atoms with E-state index in [0.29, 0.717) is 5.02 Å². The van der Waals surface area contributed by atoms with Crippen LogP contribution in [0.15, 0.2) is 53.0 Å². The number of nitrogens with two attached hydrogens (primary N) is 1. The first-order valence-corrected chi connectivity index (χ1v) is 8.23. The molecule has 3 nitrogen and oxygen atoms in total. The zero-order valence-corrected chi connectivity index (χ0v) is 14.0. The van der Waals surface area contributed by atoms with E-state index in [0.717, 1.165) is 25.6 Å². The Morgan fingerprint density at radius 1 is 1.10 bits per heavy atom. The summed E-state index contributed by atoms with van der Waals surface area (Å²) >= 11 is 11.0. The summed E-state index contributed by atoms with van der Waals surface area (Å²) in [5, 5.41) is 10.7. The zero-order chi connectivity index (χ0) is 14.8. The van der Waals surface area contributed by atoms with E-state index in [1.165, 1.54) is 11.3 Å². The Kier molecular flexibility index (Phi) is 4.35. The number of nitrogens with zero attached hydrogens (tertiary/aromatic N) is 2. The molecule has 0 aliphatic carbocycles. The predicted octanol–water partition coefficient (Wildman–Crippen LogP) is 4.67. The molecule has 3 aromatic rings. The van der Waals surface area contributed by atoms with Crippen LogP contribution in [0.2, 0.25) is 5.02 Å². The molecule has 0 aliphatic heterocycles. The lowest BCUT2D eigenvalue weighted by atomic mass is 10.1. The topological polar surface area (TPSA) is 51.8 Å². The smallest absolute Gasteiger partial charge is 0.147 e. The van der Waals surface area contributed by atoms with Gasteiger partial charge in [-0.05, 0) is 33.6 Å². The summed E-state index contributed by atoms with van der Waals surface area (Å²) in [5.74, 6) is 0. The molecule has 0 saturated carbocycles. The molecule has 1 unspecified atom stereocenters. The standard InChI is InChI=1S/C15H11BrClN3S/c16-11-7-6-10(8-12(11)17)14-19-20-15(21-14)13(18)9-4-2-1-3-5-9/h1-8,13H,18H2. The van der Waals surface area contributed by atoms with E-state index in [1.807, 2.05) is 48.5 Å². The van der Waals surface area contributed by atoms with Crippen LogP contribution in [0.25, 0.3) is 10.6 Å². The molecule has 0 saturated heterocycles. The Morgan fingerprint density at radius 2 is 1.86 bits per heavy atom. The van der Waals surface area contributed by atoms with Crippen LogP contribution in [0, 0.1) is 0 Å². The van der Waals surface area contributed by atoms with Gasteiger partial charge in [0.15, 0.2) is 0 Å². The van der Waals surface area contributed by atoms with Crippen LogP contribution >= 0.6 is 38.9 Å². The van der Waals surface area contributed by atoms with Crippen molar-refractivity contribution in [2.24, 2.45) is 5.73 Å². The lowest BCUT2D eigenvalue weighted by Gasteiger charge is -2.06. The highest BCUT2D eigenvalue weighted by Gasteiger charge is 2.15. The molecule has 21 heavy (non-hydrogen) atoms. The van der Waals surface area contributed by atoms with Crippen molar-refractivity contribution in [2.75, 3.05) is 0 Å². The molecular formula is C15H11BrClN3S. The molecule has 0 amide bonds. The molecule has 1 heterocycles. The average molecular weight is 381 g/mol. The first-order valence-electron chi connectivity index (χ1n) is 6.24.